The first-order valence-corrected chi connectivity index (χ1v) is 7.03. The molecule has 1 aromatic rings. The number of nitrogens with zero attached hydrogens (tertiary/aromatic N) is 1. The highest BCUT2D eigenvalue weighted by atomic mass is 16.6. The monoisotopic (exact) mass is 277 g/mol. The van der Waals surface area contributed by atoms with Crippen LogP contribution < -0.4 is 0 Å². The molecule has 1 amide bonds. The van der Waals surface area contributed by atoms with E-state index in [1.165, 1.54) is 5.56 Å². The Morgan fingerprint density at radius 1 is 1.35 bits per heavy atom. The number of phenols is 1. The Kier molecular flexibility index (Phi) is 3.93. The normalized spacial score (nSPS) is 19.2. The van der Waals surface area contributed by atoms with Crippen LogP contribution in [0.2, 0.25) is 0 Å². The summed E-state index contributed by atoms with van der Waals surface area (Å²) in [4.78, 5) is 14.0. The summed E-state index contributed by atoms with van der Waals surface area (Å²) >= 11 is 0. The Bertz CT molecular complexity index is 505. The Morgan fingerprint density at radius 2 is 2.05 bits per heavy atom. The molecule has 0 fully saturated rings. The summed E-state index contributed by atoms with van der Waals surface area (Å²) < 4.78 is 5.45. The zero-order valence-electron chi connectivity index (χ0n) is 12.6. The van der Waals surface area contributed by atoms with Crippen molar-refractivity contribution in [1.29, 1.82) is 0 Å². The Labute approximate surface area is 120 Å². The Balaban J connectivity index is 2.22. The fourth-order valence-electron chi connectivity index (χ4n) is 2.51. The Hall–Kier alpha value is -1.71. The smallest absolute Gasteiger partial charge is 0.410 e. The lowest BCUT2D eigenvalue weighted by Gasteiger charge is -2.27. The van der Waals surface area contributed by atoms with Crippen molar-refractivity contribution in [3.05, 3.63) is 29.3 Å². The summed E-state index contributed by atoms with van der Waals surface area (Å²) in [6.45, 7) is 8.89. The van der Waals surface area contributed by atoms with E-state index in [9.17, 15) is 9.90 Å². The van der Waals surface area contributed by atoms with Gasteiger partial charge in [-0.05, 0) is 56.4 Å². The van der Waals surface area contributed by atoms with Crippen LogP contribution in [0.25, 0.3) is 0 Å². The van der Waals surface area contributed by atoms with E-state index in [2.05, 4.69) is 6.92 Å². The number of ether oxygens (including phenoxy) is 1. The average Bonchev–Trinajstić information content (AvgIpc) is 2.45. The van der Waals surface area contributed by atoms with Gasteiger partial charge in [0.25, 0.3) is 0 Å². The molecule has 1 N–H and O–H groups in total. The molecular weight excluding hydrogens is 254 g/mol. The molecule has 1 aliphatic rings. The molecule has 0 aliphatic carbocycles. The molecule has 0 saturated carbocycles. The second-order valence-electron chi connectivity index (χ2n) is 6.62. The van der Waals surface area contributed by atoms with E-state index in [-0.39, 0.29) is 11.8 Å². The Morgan fingerprint density at radius 3 is 2.70 bits per heavy atom. The summed E-state index contributed by atoms with van der Waals surface area (Å²) in [6, 6.07) is 5.39. The topological polar surface area (TPSA) is 49.8 Å². The number of carbonyl (C=O) groups excluding carboxylic acids is 1. The van der Waals surface area contributed by atoms with Crippen LogP contribution in [-0.4, -0.2) is 28.2 Å². The zero-order valence-corrected chi connectivity index (χ0v) is 12.6. The van der Waals surface area contributed by atoms with Crippen LogP contribution in [0, 0.1) is 5.92 Å². The predicted molar refractivity (Wildman–Crippen MR) is 77.6 cm³/mol. The third kappa shape index (κ3) is 3.65. The second kappa shape index (κ2) is 5.35. The number of benzene rings is 1. The van der Waals surface area contributed by atoms with Gasteiger partial charge < -0.3 is 14.7 Å². The maximum atomic E-state index is 12.2. The van der Waals surface area contributed by atoms with Gasteiger partial charge in [0.05, 0.1) is 0 Å². The maximum Gasteiger partial charge on any atom is 0.410 e. The van der Waals surface area contributed by atoms with E-state index in [0.29, 0.717) is 19.0 Å². The molecule has 2 rings (SSSR count). The van der Waals surface area contributed by atoms with Gasteiger partial charge in [0.2, 0.25) is 0 Å². The third-order valence-electron chi connectivity index (χ3n) is 3.30. The molecule has 0 spiro atoms. The SMILES string of the molecule is CC1Cc2ccc(O)cc2CN(C(=O)OC(C)(C)C)C1. The predicted octanol–water partition coefficient (Wildman–Crippen LogP) is 3.32. The number of hydrogen-bond donors (Lipinski definition) is 1. The molecule has 1 aliphatic heterocycles. The summed E-state index contributed by atoms with van der Waals surface area (Å²) in [5.41, 5.74) is 1.70. The van der Waals surface area contributed by atoms with Gasteiger partial charge in [-0.25, -0.2) is 4.79 Å². The molecule has 0 radical (unpaired) electrons. The van der Waals surface area contributed by atoms with Crippen molar-refractivity contribution in [3.8, 4) is 5.75 Å². The second-order valence-corrected chi connectivity index (χ2v) is 6.62. The molecule has 1 heterocycles. The van der Waals surface area contributed by atoms with Gasteiger partial charge in [-0.1, -0.05) is 13.0 Å². The standard InChI is InChI=1S/C16H23NO3/c1-11-7-12-5-6-14(18)8-13(12)10-17(9-11)15(19)20-16(2,3)4/h5-6,8,11,18H,7,9-10H2,1-4H3. The van der Waals surface area contributed by atoms with Gasteiger partial charge in [-0.2, -0.15) is 0 Å². The molecule has 1 unspecified atom stereocenters. The van der Waals surface area contributed by atoms with E-state index < -0.39 is 5.60 Å². The minimum Gasteiger partial charge on any atom is -0.508 e. The molecule has 1 atom stereocenters. The number of aromatic hydroxyl groups is 1. The molecule has 4 heteroatoms. The summed E-state index contributed by atoms with van der Waals surface area (Å²) in [5, 5.41) is 9.62. The van der Waals surface area contributed by atoms with Crippen LogP contribution in [0.5, 0.6) is 5.75 Å². The van der Waals surface area contributed by atoms with Crippen molar-refractivity contribution < 1.29 is 14.6 Å². The summed E-state index contributed by atoms with van der Waals surface area (Å²) in [7, 11) is 0. The van der Waals surface area contributed by atoms with E-state index in [1.807, 2.05) is 26.8 Å². The molecule has 0 aromatic heterocycles. The van der Waals surface area contributed by atoms with Crippen LogP contribution >= 0.6 is 0 Å². The lowest BCUT2D eigenvalue weighted by molar-refractivity contribution is 0.0214. The number of fused-ring (bicyclic) bond motifs is 1. The van der Waals surface area contributed by atoms with Gasteiger partial charge in [-0.3, -0.25) is 0 Å². The van der Waals surface area contributed by atoms with E-state index in [0.717, 1.165) is 12.0 Å². The molecule has 4 nitrogen and oxygen atoms in total. The van der Waals surface area contributed by atoms with E-state index in [4.69, 9.17) is 4.74 Å². The number of phenolic OH excluding ortho intramolecular Hbond substituents is 1. The van der Waals surface area contributed by atoms with Crippen LogP contribution in [-0.2, 0) is 17.7 Å². The fourth-order valence-corrected chi connectivity index (χ4v) is 2.51. The third-order valence-corrected chi connectivity index (χ3v) is 3.30. The fraction of sp³-hybridized carbons (Fsp3) is 0.562. The first-order chi connectivity index (χ1) is 9.24. The van der Waals surface area contributed by atoms with Gasteiger partial charge >= 0.3 is 6.09 Å². The lowest BCUT2D eigenvalue weighted by Crippen LogP contribution is -2.38. The quantitative estimate of drug-likeness (QED) is 0.791. The van der Waals surface area contributed by atoms with Crippen molar-refractivity contribution in [2.24, 2.45) is 5.92 Å². The largest absolute Gasteiger partial charge is 0.508 e. The number of carbonyl (C=O) groups is 1. The van der Waals surface area contributed by atoms with Gasteiger partial charge in [-0.15, -0.1) is 0 Å². The van der Waals surface area contributed by atoms with Crippen molar-refractivity contribution in [3.63, 3.8) is 0 Å². The van der Waals surface area contributed by atoms with Crippen molar-refractivity contribution in [1.82, 2.24) is 4.90 Å². The lowest BCUT2D eigenvalue weighted by atomic mass is 9.99. The zero-order chi connectivity index (χ0) is 14.9. The van der Waals surface area contributed by atoms with Gasteiger partial charge in [0.15, 0.2) is 0 Å². The highest BCUT2D eigenvalue weighted by Gasteiger charge is 2.27. The molecule has 1 aromatic carbocycles. The highest BCUT2D eigenvalue weighted by molar-refractivity contribution is 5.68. The molecule has 20 heavy (non-hydrogen) atoms. The molecule has 0 saturated heterocycles. The molecule has 0 bridgehead atoms. The van der Waals surface area contributed by atoms with Crippen LogP contribution in [0.15, 0.2) is 18.2 Å². The van der Waals surface area contributed by atoms with Gasteiger partial charge in [0, 0.05) is 13.1 Å². The minimum atomic E-state index is -0.492. The first-order valence-electron chi connectivity index (χ1n) is 7.03. The van der Waals surface area contributed by atoms with Crippen LogP contribution in [0.4, 0.5) is 4.79 Å². The first kappa shape index (κ1) is 14.7. The molecular formula is C16H23NO3. The van der Waals surface area contributed by atoms with Crippen LogP contribution in [0.3, 0.4) is 0 Å². The number of hydrogen-bond acceptors (Lipinski definition) is 3. The van der Waals surface area contributed by atoms with E-state index in [1.54, 1.807) is 17.0 Å². The van der Waals surface area contributed by atoms with Gasteiger partial charge in [0.1, 0.15) is 11.4 Å². The number of amides is 1. The number of rotatable bonds is 0. The van der Waals surface area contributed by atoms with Crippen molar-refractivity contribution in [2.75, 3.05) is 6.54 Å². The summed E-state index contributed by atoms with van der Waals surface area (Å²) in [6.07, 6.45) is 0.620. The minimum absolute atomic E-state index is 0.238. The maximum absolute atomic E-state index is 12.2. The average molecular weight is 277 g/mol. The summed E-state index contributed by atoms with van der Waals surface area (Å²) in [5.74, 6) is 0.607. The van der Waals surface area contributed by atoms with E-state index >= 15 is 0 Å². The van der Waals surface area contributed by atoms with Crippen molar-refractivity contribution >= 4 is 6.09 Å². The highest BCUT2D eigenvalue weighted by Crippen LogP contribution is 2.26. The molecule has 110 valence electrons. The van der Waals surface area contributed by atoms with Crippen molar-refractivity contribution in [2.45, 2.75) is 46.3 Å². The van der Waals surface area contributed by atoms with Crippen LogP contribution in [0.1, 0.15) is 38.8 Å².